The minimum Gasteiger partial charge on any atom is -0.313 e. The zero-order valence-corrected chi connectivity index (χ0v) is 13.3. The fraction of sp³-hybridized carbons (Fsp3) is 0.125. The molecule has 0 saturated heterocycles. The maximum Gasteiger partial charge on any atom is 0.280 e. The highest BCUT2D eigenvalue weighted by Crippen LogP contribution is 2.24. The number of thiol groups is 1. The number of aromatic nitrogens is 5. The summed E-state index contributed by atoms with van der Waals surface area (Å²) in [6.07, 6.45) is 3.33. The van der Waals surface area contributed by atoms with E-state index in [4.69, 9.17) is 0 Å². The molecular weight excluding hydrogens is 329 g/mol. The van der Waals surface area contributed by atoms with E-state index in [0.29, 0.717) is 23.5 Å². The van der Waals surface area contributed by atoms with Crippen LogP contribution in [0.1, 0.15) is 0 Å². The van der Waals surface area contributed by atoms with Gasteiger partial charge in [0.05, 0.1) is 6.20 Å². The Morgan fingerprint density at radius 1 is 1.12 bits per heavy atom. The van der Waals surface area contributed by atoms with Crippen LogP contribution >= 0.6 is 12.6 Å². The molecule has 3 aromatic heterocycles. The molecule has 0 bridgehead atoms. The summed E-state index contributed by atoms with van der Waals surface area (Å²) in [5, 5.41) is 12.6. The zero-order chi connectivity index (χ0) is 16.7. The first-order chi connectivity index (χ1) is 11.7. The number of benzene rings is 1. The van der Waals surface area contributed by atoms with Gasteiger partial charge in [-0.05, 0) is 23.8 Å². The summed E-state index contributed by atoms with van der Waals surface area (Å²) in [5.74, 6) is 0.244. The SMILES string of the molecule is O=c1c2nnc3c(-c4ccc(F)cc4)cnn3c2ccn1CCS. The number of fused-ring (bicyclic) bond motifs is 3. The Labute approximate surface area is 141 Å². The first-order valence-corrected chi connectivity index (χ1v) is 7.92. The molecule has 3 heterocycles. The summed E-state index contributed by atoms with van der Waals surface area (Å²) in [6, 6.07) is 7.85. The molecule has 0 aliphatic rings. The van der Waals surface area contributed by atoms with Crippen LogP contribution in [0.3, 0.4) is 0 Å². The fourth-order valence-electron chi connectivity index (χ4n) is 2.65. The van der Waals surface area contributed by atoms with E-state index >= 15 is 0 Å². The number of halogens is 1. The van der Waals surface area contributed by atoms with Crippen LogP contribution < -0.4 is 5.56 Å². The molecule has 0 N–H and O–H groups in total. The van der Waals surface area contributed by atoms with Gasteiger partial charge in [0.1, 0.15) is 11.3 Å². The molecule has 0 atom stereocenters. The van der Waals surface area contributed by atoms with E-state index in [1.807, 2.05) is 0 Å². The Balaban J connectivity index is 1.96. The summed E-state index contributed by atoms with van der Waals surface area (Å²) in [7, 11) is 0. The third kappa shape index (κ3) is 2.26. The van der Waals surface area contributed by atoms with Crippen LogP contribution in [0, 0.1) is 5.82 Å². The predicted octanol–water partition coefficient (Wildman–Crippen LogP) is 2.18. The standard InChI is InChI=1S/C16H12FN5OS/c17-11-3-1-10(2-4-11)12-9-18-22-13-5-6-21(7-8-24)16(23)14(13)19-20-15(12)22/h1-6,9,24H,7-8H2. The number of nitrogens with zero attached hydrogens (tertiary/aromatic N) is 5. The summed E-state index contributed by atoms with van der Waals surface area (Å²) in [6.45, 7) is 0.498. The molecule has 0 fully saturated rings. The van der Waals surface area contributed by atoms with Crippen LogP contribution in [0.4, 0.5) is 4.39 Å². The van der Waals surface area contributed by atoms with E-state index in [2.05, 4.69) is 27.9 Å². The van der Waals surface area contributed by atoms with Crippen molar-refractivity contribution >= 4 is 29.3 Å². The first kappa shape index (κ1) is 14.8. The Morgan fingerprint density at radius 3 is 2.67 bits per heavy atom. The maximum atomic E-state index is 13.1. The van der Waals surface area contributed by atoms with Gasteiger partial charge in [0, 0.05) is 24.1 Å². The van der Waals surface area contributed by atoms with Crippen molar-refractivity contribution in [3.8, 4) is 11.1 Å². The first-order valence-electron chi connectivity index (χ1n) is 7.29. The van der Waals surface area contributed by atoms with Crippen LogP contribution in [-0.2, 0) is 6.54 Å². The lowest BCUT2D eigenvalue weighted by atomic mass is 10.1. The smallest absolute Gasteiger partial charge is 0.280 e. The van der Waals surface area contributed by atoms with Crippen molar-refractivity contribution < 1.29 is 4.39 Å². The van der Waals surface area contributed by atoms with Gasteiger partial charge < -0.3 is 4.57 Å². The minimum absolute atomic E-state index is 0.227. The summed E-state index contributed by atoms with van der Waals surface area (Å²) < 4.78 is 16.2. The van der Waals surface area contributed by atoms with Gasteiger partial charge >= 0.3 is 0 Å². The molecule has 24 heavy (non-hydrogen) atoms. The number of aryl methyl sites for hydroxylation is 1. The fourth-order valence-corrected chi connectivity index (χ4v) is 2.86. The highest BCUT2D eigenvalue weighted by Gasteiger charge is 2.14. The van der Waals surface area contributed by atoms with Crippen molar-refractivity contribution in [3.63, 3.8) is 0 Å². The number of rotatable bonds is 3. The monoisotopic (exact) mass is 341 g/mol. The lowest BCUT2D eigenvalue weighted by Crippen LogP contribution is -2.22. The van der Waals surface area contributed by atoms with Gasteiger partial charge in [-0.1, -0.05) is 12.1 Å². The van der Waals surface area contributed by atoms with Gasteiger partial charge in [-0.3, -0.25) is 4.79 Å². The molecule has 0 aliphatic heterocycles. The van der Waals surface area contributed by atoms with Crippen molar-refractivity contribution in [1.29, 1.82) is 0 Å². The number of pyridine rings is 1. The molecule has 4 aromatic rings. The molecule has 120 valence electrons. The van der Waals surface area contributed by atoms with Crippen LogP contribution in [-0.4, -0.2) is 30.1 Å². The maximum absolute atomic E-state index is 13.1. The minimum atomic E-state index is -0.309. The molecule has 6 nitrogen and oxygen atoms in total. The average Bonchev–Trinajstić information content (AvgIpc) is 3.02. The van der Waals surface area contributed by atoms with Gasteiger partial charge in [-0.25, -0.2) is 8.91 Å². The van der Waals surface area contributed by atoms with Crippen LogP contribution in [0.25, 0.3) is 27.8 Å². The van der Waals surface area contributed by atoms with Crippen molar-refractivity contribution in [2.24, 2.45) is 0 Å². The lowest BCUT2D eigenvalue weighted by molar-refractivity contribution is 0.628. The molecule has 4 rings (SSSR count). The Bertz CT molecular complexity index is 1100. The summed E-state index contributed by atoms with van der Waals surface area (Å²) in [4.78, 5) is 12.4. The van der Waals surface area contributed by atoms with Crippen molar-refractivity contribution in [2.75, 3.05) is 5.75 Å². The van der Waals surface area contributed by atoms with Gasteiger partial charge in [0.2, 0.25) is 0 Å². The molecule has 1 aromatic carbocycles. The summed E-state index contributed by atoms with van der Waals surface area (Å²) in [5.41, 5.74) is 2.62. The quantitative estimate of drug-likeness (QED) is 0.580. The zero-order valence-electron chi connectivity index (χ0n) is 12.4. The Morgan fingerprint density at radius 2 is 1.92 bits per heavy atom. The van der Waals surface area contributed by atoms with Gasteiger partial charge in [0.15, 0.2) is 11.2 Å². The Kier molecular flexibility index (Phi) is 3.53. The Hall–Kier alpha value is -2.74. The summed E-state index contributed by atoms with van der Waals surface area (Å²) >= 11 is 4.14. The second-order valence-electron chi connectivity index (χ2n) is 5.27. The average molecular weight is 341 g/mol. The normalized spacial score (nSPS) is 11.4. The van der Waals surface area contributed by atoms with E-state index < -0.39 is 0 Å². The van der Waals surface area contributed by atoms with Crippen molar-refractivity contribution in [2.45, 2.75) is 6.54 Å². The molecule has 0 saturated carbocycles. The molecular formula is C16H12FN5OS. The molecule has 8 heteroatoms. The molecule has 0 spiro atoms. The van der Waals surface area contributed by atoms with E-state index in [-0.39, 0.29) is 16.9 Å². The molecule has 0 unspecified atom stereocenters. The van der Waals surface area contributed by atoms with Crippen LogP contribution in [0.15, 0.2) is 47.5 Å². The lowest BCUT2D eigenvalue weighted by Gasteiger charge is -2.05. The van der Waals surface area contributed by atoms with Crippen molar-refractivity contribution in [1.82, 2.24) is 24.4 Å². The predicted molar refractivity (Wildman–Crippen MR) is 91.8 cm³/mol. The largest absolute Gasteiger partial charge is 0.313 e. The van der Waals surface area contributed by atoms with Gasteiger partial charge in [0.25, 0.3) is 5.56 Å². The van der Waals surface area contributed by atoms with Gasteiger partial charge in [-0.15, -0.1) is 10.2 Å². The highest BCUT2D eigenvalue weighted by atomic mass is 32.1. The van der Waals surface area contributed by atoms with E-state index in [9.17, 15) is 9.18 Å². The van der Waals surface area contributed by atoms with E-state index in [1.165, 1.54) is 12.1 Å². The number of hydrogen-bond acceptors (Lipinski definition) is 5. The van der Waals surface area contributed by atoms with Crippen molar-refractivity contribution in [3.05, 3.63) is 58.9 Å². The van der Waals surface area contributed by atoms with E-state index in [1.54, 1.807) is 39.7 Å². The third-order valence-corrected chi connectivity index (χ3v) is 4.03. The third-order valence-electron chi connectivity index (χ3n) is 3.83. The highest BCUT2D eigenvalue weighted by molar-refractivity contribution is 7.80. The molecule has 0 aliphatic carbocycles. The number of hydrogen-bond donors (Lipinski definition) is 1. The molecule has 0 radical (unpaired) electrons. The topological polar surface area (TPSA) is 65.1 Å². The van der Waals surface area contributed by atoms with E-state index in [0.717, 1.165) is 11.1 Å². The van der Waals surface area contributed by atoms with Gasteiger partial charge in [-0.2, -0.15) is 17.7 Å². The molecule has 0 amide bonds. The second-order valence-corrected chi connectivity index (χ2v) is 5.72. The van der Waals surface area contributed by atoms with Crippen LogP contribution in [0.5, 0.6) is 0 Å². The van der Waals surface area contributed by atoms with Crippen LogP contribution in [0.2, 0.25) is 0 Å². The second kappa shape index (κ2) is 5.72.